The van der Waals surface area contributed by atoms with Gasteiger partial charge >= 0.3 is 0 Å². The SMILES string of the molecule is CC(=O)NCCS.CC(=O)NCCS. The molecule has 2 N–H and O–H groups in total. The van der Waals surface area contributed by atoms with Crippen LogP contribution < -0.4 is 10.6 Å². The van der Waals surface area contributed by atoms with E-state index in [0.29, 0.717) is 24.6 Å². The molecule has 0 heterocycles. The summed E-state index contributed by atoms with van der Waals surface area (Å²) in [7, 11) is 0. The monoisotopic (exact) mass is 238 g/mol. The Hall–Kier alpha value is -0.360. The molecule has 0 radical (unpaired) electrons. The van der Waals surface area contributed by atoms with Gasteiger partial charge in [-0.1, -0.05) is 0 Å². The fraction of sp³-hybridized carbons (Fsp3) is 0.750. The molecule has 0 saturated carbocycles. The van der Waals surface area contributed by atoms with E-state index in [0.717, 1.165) is 0 Å². The van der Waals surface area contributed by atoms with Crippen molar-refractivity contribution >= 4 is 37.1 Å². The lowest BCUT2D eigenvalue weighted by atomic mass is 10.6. The van der Waals surface area contributed by atoms with Crippen LogP contribution in [0.25, 0.3) is 0 Å². The highest BCUT2D eigenvalue weighted by atomic mass is 32.1. The van der Waals surface area contributed by atoms with E-state index in [9.17, 15) is 9.59 Å². The summed E-state index contributed by atoms with van der Waals surface area (Å²) < 4.78 is 0. The molecular formula is C8H18N2O2S2. The molecule has 84 valence electrons. The van der Waals surface area contributed by atoms with Gasteiger partial charge in [0.2, 0.25) is 11.8 Å². The van der Waals surface area contributed by atoms with Crippen molar-refractivity contribution in [2.45, 2.75) is 13.8 Å². The van der Waals surface area contributed by atoms with E-state index in [2.05, 4.69) is 35.9 Å². The van der Waals surface area contributed by atoms with E-state index in [1.807, 2.05) is 0 Å². The van der Waals surface area contributed by atoms with Gasteiger partial charge in [0.05, 0.1) is 0 Å². The van der Waals surface area contributed by atoms with Crippen molar-refractivity contribution in [2.75, 3.05) is 24.6 Å². The molecule has 0 atom stereocenters. The molecular weight excluding hydrogens is 220 g/mol. The molecule has 0 aliphatic carbocycles. The van der Waals surface area contributed by atoms with Gasteiger partial charge in [0.15, 0.2) is 0 Å². The molecule has 0 rings (SSSR count). The molecule has 0 aliphatic heterocycles. The normalized spacial score (nSPS) is 8.29. The topological polar surface area (TPSA) is 58.2 Å². The molecule has 0 fully saturated rings. The van der Waals surface area contributed by atoms with Crippen LogP contribution >= 0.6 is 25.3 Å². The largest absolute Gasteiger partial charge is 0.356 e. The molecule has 4 nitrogen and oxygen atoms in total. The second kappa shape index (κ2) is 12.6. The molecule has 14 heavy (non-hydrogen) atoms. The van der Waals surface area contributed by atoms with Gasteiger partial charge in [-0.2, -0.15) is 25.3 Å². The van der Waals surface area contributed by atoms with Crippen LogP contribution in [0.3, 0.4) is 0 Å². The van der Waals surface area contributed by atoms with Gasteiger partial charge in [0.25, 0.3) is 0 Å². The first kappa shape index (κ1) is 16.1. The molecule has 0 spiro atoms. The van der Waals surface area contributed by atoms with E-state index in [1.54, 1.807) is 0 Å². The summed E-state index contributed by atoms with van der Waals surface area (Å²) >= 11 is 7.76. The Morgan fingerprint density at radius 2 is 1.21 bits per heavy atom. The lowest BCUT2D eigenvalue weighted by molar-refractivity contribution is -0.119. The first-order valence-corrected chi connectivity index (χ1v) is 5.51. The Balaban J connectivity index is 0. The van der Waals surface area contributed by atoms with E-state index < -0.39 is 0 Å². The third-order valence-electron chi connectivity index (χ3n) is 0.971. The maximum Gasteiger partial charge on any atom is 0.216 e. The number of hydrogen-bond donors (Lipinski definition) is 4. The van der Waals surface area contributed by atoms with Crippen LogP contribution in [-0.2, 0) is 9.59 Å². The van der Waals surface area contributed by atoms with Gasteiger partial charge in [-0.05, 0) is 0 Å². The van der Waals surface area contributed by atoms with E-state index >= 15 is 0 Å². The van der Waals surface area contributed by atoms with Crippen LogP contribution in [0.15, 0.2) is 0 Å². The number of carbonyl (C=O) groups is 2. The Labute approximate surface area is 96.0 Å². The third kappa shape index (κ3) is 22.6. The highest BCUT2D eigenvalue weighted by Crippen LogP contribution is 1.67. The van der Waals surface area contributed by atoms with Crippen LogP contribution in [0, 0.1) is 0 Å². The summed E-state index contributed by atoms with van der Waals surface area (Å²) in [6.45, 7) is 4.31. The Kier molecular flexibility index (Phi) is 14.5. The highest BCUT2D eigenvalue weighted by Gasteiger charge is 1.84. The van der Waals surface area contributed by atoms with Crippen molar-refractivity contribution in [1.82, 2.24) is 10.6 Å². The van der Waals surface area contributed by atoms with E-state index in [4.69, 9.17) is 0 Å². The standard InChI is InChI=1S/2C4H9NOS/c2*1-4(6)5-2-3-7/h2*7H,2-3H2,1H3,(H,5,6). The first-order valence-electron chi connectivity index (χ1n) is 4.25. The van der Waals surface area contributed by atoms with Crippen LogP contribution in [0.1, 0.15) is 13.8 Å². The lowest BCUT2D eigenvalue weighted by Crippen LogP contribution is -2.21. The maximum atomic E-state index is 10.1. The second-order valence-corrected chi connectivity index (χ2v) is 3.31. The Morgan fingerprint density at radius 1 is 0.929 bits per heavy atom. The average Bonchev–Trinajstić information content (AvgIpc) is 2.12. The summed E-state index contributed by atoms with van der Waals surface area (Å²) in [5.41, 5.74) is 0. The summed E-state index contributed by atoms with van der Waals surface area (Å²) in [5, 5.41) is 5.16. The van der Waals surface area contributed by atoms with Gasteiger partial charge in [0, 0.05) is 38.4 Å². The number of amides is 2. The van der Waals surface area contributed by atoms with Crippen LogP contribution in [0.5, 0.6) is 0 Å². The molecule has 6 heteroatoms. The van der Waals surface area contributed by atoms with Gasteiger partial charge in [-0.15, -0.1) is 0 Å². The predicted octanol–water partition coefficient (Wildman–Crippen LogP) is 0.105. The molecule has 0 aliphatic rings. The van der Waals surface area contributed by atoms with Gasteiger partial charge in [0.1, 0.15) is 0 Å². The van der Waals surface area contributed by atoms with Crippen molar-refractivity contribution in [1.29, 1.82) is 0 Å². The van der Waals surface area contributed by atoms with Crippen molar-refractivity contribution in [3.05, 3.63) is 0 Å². The Bertz CT molecular complexity index is 147. The maximum absolute atomic E-state index is 10.1. The molecule has 2 amide bonds. The van der Waals surface area contributed by atoms with Crippen molar-refractivity contribution < 1.29 is 9.59 Å². The summed E-state index contributed by atoms with van der Waals surface area (Å²) in [6.07, 6.45) is 0. The van der Waals surface area contributed by atoms with Crippen molar-refractivity contribution in [3.63, 3.8) is 0 Å². The minimum absolute atomic E-state index is 0.00838. The zero-order chi connectivity index (χ0) is 11.4. The zero-order valence-corrected chi connectivity index (χ0v) is 10.3. The number of nitrogens with one attached hydrogen (secondary N) is 2. The summed E-state index contributed by atoms with van der Waals surface area (Å²) in [4.78, 5) is 20.1. The zero-order valence-electron chi connectivity index (χ0n) is 8.54. The molecule has 0 bridgehead atoms. The predicted molar refractivity (Wildman–Crippen MR) is 65.1 cm³/mol. The second-order valence-electron chi connectivity index (χ2n) is 2.41. The van der Waals surface area contributed by atoms with Crippen LogP contribution in [0.4, 0.5) is 0 Å². The lowest BCUT2D eigenvalue weighted by Gasteiger charge is -1.93. The van der Waals surface area contributed by atoms with Gasteiger partial charge in [-0.25, -0.2) is 0 Å². The van der Waals surface area contributed by atoms with Crippen molar-refractivity contribution in [3.8, 4) is 0 Å². The van der Waals surface area contributed by atoms with Crippen LogP contribution in [-0.4, -0.2) is 36.4 Å². The number of rotatable bonds is 4. The summed E-state index contributed by atoms with van der Waals surface area (Å²) in [6, 6.07) is 0. The first-order chi connectivity index (χ1) is 6.54. The fourth-order valence-corrected chi connectivity index (χ4v) is 0.687. The third-order valence-corrected chi connectivity index (χ3v) is 1.42. The number of hydrogen-bond acceptors (Lipinski definition) is 4. The number of carbonyl (C=O) groups excluding carboxylic acids is 2. The van der Waals surface area contributed by atoms with E-state index in [1.165, 1.54) is 13.8 Å². The average molecular weight is 238 g/mol. The van der Waals surface area contributed by atoms with Gasteiger partial charge < -0.3 is 10.6 Å². The fourth-order valence-electron chi connectivity index (χ4n) is 0.464. The molecule has 0 saturated heterocycles. The van der Waals surface area contributed by atoms with Crippen LogP contribution in [0.2, 0.25) is 0 Å². The molecule has 0 aromatic carbocycles. The van der Waals surface area contributed by atoms with E-state index in [-0.39, 0.29) is 11.8 Å². The quantitative estimate of drug-likeness (QED) is 0.525. The minimum Gasteiger partial charge on any atom is -0.356 e. The number of thiol groups is 2. The smallest absolute Gasteiger partial charge is 0.216 e. The molecule has 0 unspecified atom stereocenters. The minimum atomic E-state index is 0.00838. The molecule has 0 aromatic rings. The van der Waals surface area contributed by atoms with Crippen molar-refractivity contribution in [2.24, 2.45) is 0 Å². The highest BCUT2D eigenvalue weighted by molar-refractivity contribution is 7.80. The Morgan fingerprint density at radius 3 is 1.29 bits per heavy atom. The summed E-state index contributed by atoms with van der Waals surface area (Å²) in [5.74, 6) is 1.43. The van der Waals surface area contributed by atoms with Gasteiger partial charge in [-0.3, -0.25) is 9.59 Å². The molecule has 0 aromatic heterocycles.